The number of piperazine rings is 1. The van der Waals surface area contributed by atoms with Gasteiger partial charge in [0, 0.05) is 51.1 Å². The fraction of sp³-hybridized carbons (Fsp3) is 0.435. The van der Waals surface area contributed by atoms with Crippen molar-refractivity contribution in [2.24, 2.45) is 0 Å². The third-order valence-corrected chi connectivity index (χ3v) is 5.44. The molecule has 0 aliphatic carbocycles. The number of rotatable bonds is 7. The Hall–Kier alpha value is -2.53. The van der Waals surface area contributed by atoms with Gasteiger partial charge in [-0.2, -0.15) is 0 Å². The van der Waals surface area contributed by atoms with E-state index in [1.807, 2.05) is 44.3 Å². The largest absolute Gasteiger partial charge is 0.374 e. The van der Waals surface area contributed by atoms with Gasteiger partial charge in [0.1, 0.15) is 6.04 Å². The van der Waals surface area contributed by atoms with Gasteiger partial charge in [0.2, 0.25) is 5.91 Å². The van der Waals surface area contributed by atoms with E-state index in [-0.39, 0.29) is 11.9 Å². The number of nitrogens with one attached hydrogen (secondary N) is 1. The maximum absolute atomic E-state index is 12.7. The molecular weight excluding hydrogens is 348 g/mol. The number of hydrogen-bond donors (Lipinski definition) is 1. The fourth-order valence-electron chi connectivity index (χ4n) is 3.67. The van der Waals surface area contributed by atoms with Crippen LogP contribution < -0.4 is 10.2 Å². The van der Waals surface area contributed by atoms with Crippen molar-refractivity contribution in [1.82, 2.24) is 9.80 Å². The molecule has 1 fully saturated rings. The zero-order valence-corrected chi connectivity index (χ0v) is 17.3. The third kappa shape index (κ3) is 5.26. The summed E-state index contributed by atoms with van der Waals surface area (Å²) in [7, 11) is 1.85. The molecule has 0 radical (unpaired) electrons. The van der Waals surface area contributed by atoms with E-state index in [0.29, 0.717) is 6.54 Å². The first-order chi connectivity index (χ1) is 13.6. The third-order valence-electron chi connectivity index (χ3n) is 5.44. The van der Waals surface area contributed by atoms with E-state index in [0.717, 1.165) is 44.0 Å². The summed E-state index contributed by atoms with van der Waals surface area (Å²) >= 11 is 0. The van der Waals surface area contributed by atoms with Crippen LogP contribution in [0.25, 0.3) is 0 Å². The average molecular weight is 381 g/mol. The summed E-state index contributed by atoms with van der Waals surface area (Å²) in [6, 6.07) is 18.2. The molecule has 1 N–H and O–H groups in total. The second-order valence-electron chi connectivity index (χ2n) is 7.51. The highest BCUT2D eigenvalue weighted by Gasteiger charge is 2.18. The zero-order valence-electron chi connectivity index (χ0n) is 17.3. The van der Waals surface area contributed by atoms with E-state index >= 15 is 0 Å². The lowest BCUT2D eigenvalue weighted by molar-refractivity contribution is -0.130. The minimum absolute atomic E-state index is 0.0867. The molecule has 1 atom stereocenters. The van der Waals surface area contributed by atoms with Crippen molar-refractivity contribution in [1.29, 1.82) is 0 Å². The van der Waals surface area contributed by atoms with Gasteiger partial charge in [-0.15, -0.1) is 0 Å². The normalized spacial score (nSPS) is 15.9. The Bertz CT molecular complexity index is 739. The Balaban J connectivity index is 1.52. The molecule has 2 aromatic carbocycles. The van der Waals surface area contributed by atoms with Crippen molar-refractivity contribution < 1.29 is 4.79 Å². The first-order valence-corrected chi connectivity index (χ1v) is 10.2. The number of amides is 1. The minimum atomic E-state index is -0.271. The van der Waals surface area contributed by atoms with Crippen LogP contribution in [-0.4, -0.2) is 61.5 Å². The highest BCUT2D eigenvalue weighted by Crippen LogP contribution is 2.20. The Kier molecular flexibility index (Phi) is 6.93. The van der Waals surface area contributed by atoms with E-state index in [1.165, 1.54) is 5.69 Å². The minimum Gasteiger partial charge on any atom is -0.374 e. The predicted molar refractivity (Wildman–Crippen MR) is 117 cm³/mol. The summed E-state index contributed by atoms with van der Waals surface area (Å²) in [4.78, 5) is 19.4. The molecule has 1 saturated heterocycles. The first kappa shape index (κ1) is 20.2. The summed E-state index contributed by atoms with van der Waals surface area (Å²) in [5.74, 6) is 0.0867. The van der Waals surface area contributed by atoms with Crippen molar-refractivity contribution in [2.75, 3.05) is 50.0 Å². The van der Waals surface area contributed by atoms with E-state index in [2.05, 4.69) is 46.3 Å². The molecule has 1 amide bonds. The number of carbonyl (C=O) groups excluding carboxylic acids is 1. The standard InChI is InChI=1S/C23H32N4O/c1-4-26-14-16-27(17-15-26)22-12-10-21(11-13-22)24-19(2)23(28)25(3)18-20-8-6-5-7-9-20/h5-13,19,24H,4,14-18H2,1-3H3/t19-/m0/s1. The highest BCUT2D eigenvalue weighted by atomic mass is 16.2. The lowest BCUT2D eigenvalue weighted by Gasteiger charge is -2.35. The van der Waals surface area contributed by atoms with Gasteiger partial charge in [0.05, 0.1) is 0 Å². The van der Waals surface area contributed by atoms with Crippen LogP contribution in [0, 0.1) is 0 Å². The molecule has 3 rings (SSSR count). The zero-order chi connectivity index (χ0) is 19.9. The van der Waals surface area contributed by atoms with Gasteiger partial charge in [-0.1, -0.05) is 37.3 Å². The maximum atomic E-state index is 12.7. The summed E-state index contributed by atoms with van der Waals surface area (Å²) in [6.07, 6.45) is 0. The van der Waals surface area contributed by atoms with Crippen LogP contribution in [0.4, 0.5) is 11.4 Å². The van der Waals surface area contributed by atoms with Crippen molar-refractivity contribution in [3.8, 4) is 0 Å². The van der Waals surface area contributed by atoms with Gasteiger partial charge in [0.25, 0.3) is 0 Å². The number of likely N-dealkylation sites (N-methyl/N-ethyl adjacent to an activating group) is 2. The van der Waals surface area contributed by atoms with Crippen LogP contribution in [0.3, 0.4) is 0 Å². The molecule has 0 unspecified atom stereocenters. The number of hydrogen-bond acceptors (Lipinski definition) is 4. The van der Waals surface area contributed by atoms with Crippen molar-refractivity contribution in [3.63, 3.8) is 0 Å². The Morgan fingerprint density at radius 3 is 2.29 bits per heavy atom. The quantitative estimate of drug-likeness (QED) is 0.800. The van der Waals surface area contributed by atoms with E-state index in [9.17, 15) is 4.79 Å². The fourth-order valence-corrected chi connectivity index (χ4v) is 3.67. The number of nitrogens with zero attached hydrogens (tertiary/aromatic N) is 3. The molecule has 150 valence electrons. The topological polar surface area (TPSA) is 38.8 Å². The number of benzene rings is 2. The van der Waals surface area contributed by atoms with Gasteiger partial charge in [-0.25, -0.2) is 0 Å². The van der Waals surface area contributed by atoms with Crippen LogP contribution in [0.2, 0.25) is 0 Å². The van der Waals surface area contributed by atoms with Gasteiger partial charge in [-0.3, -0.25) is 4.79 Å². The van der Waals surface area contributed by atoms with Crippen LogP contribution in [0.1, 0.15) is 19.4 Å². The molecule has 0 spiro atoms. The van der Waals surface area contributed by atoms with E-state index in [4.69, 9.17) is 0 Å². The van der Waals surface area contributed by atoms with Gasteiger partial charge in [-0.05, 0) is 43.3 Å². The van der Waals surface area contributed by atoms with Gasteiger partial charge < -0.3 is 20.0 Å². The van der Waals surface area contributed by atoms with Crippen LogP contribution in [0.5, 0.6) is 0 Å². The molecule has 0 saturated carbocycles. The average Bonchev–Trinajstić information content (AvgIpc) is 2.74. The molecule has 28 heavy (non-hydrogen) atoms. The molecule has 0 bridgehead atoms. The number of carbonyl (C=O) groups is 1. The van der Waals surface area contributed by atoms with E-state index in [1.54, 1.807) is 4.90 Å². The summed E-state index contributed by atoms with van der Waals surface area (Å²) in [5.41, 5.74) is 3.37. The lowest BCUT2D eigenvalue weighted by Crippen LogP contribution is -2.46. The van der Waals surface area contributed by atoms with Gasteiger partial charge in [0.15, 0.2) is 0 Å². The summed E-state index contributed by atoms with van der Waals surface area (Å²) < 4.78 is 0. The Morgan fingerprint density at radius 2 is 1.68 bits per heavy atom. The van der Waals surface area contributed by atoms with Crippen LogP contribution in [0.15, 0.2) is 54.6 Å². The highest BCUT2D eigenvalue weighted by molar-refractivity contribution is 5.84. The number of anilines is 2. The summed E-state index contributed by atoms with van der Waals surface area (Å²) in [5, 5.41) is 3.34. The molecule has 2 aromatic rings. The molecule has 1 aliphatic heterocycles. The Labute approximate surface area is 168 Å². The molecule has 1 heterocycles. The van der Waals surface area contributed by atoms with E-state index < -0.39 is 0 Å². The lowest BCUT2D eigenvalue weighted by atomic mass is 10.2. The summed E-state index contributed by atoms with van der Waals surface area (Å²) in [6.45, 7) is 10.3. The van der Waals surface area contributed by atoms with Crippen molar-refractivity contribution >= 4 is 17.3 Å². The van der Waals surface area contributed by atoms with Crippen LogP contribution in [-0.2, 0) is 11.3 Å². The van der Waals surface area contributed by atoms with Crippen molar-refractivity contribution in [2.45, 2.75) is 26.4 Å². The van der Waals surface area contributed by atoms with Crippen molar-refractivity contribution in [3.05, 3.63) is 60.2 Å². The van der Waals surface area contributed by atoms with Gasteiger partial charge >= 0.3 is 0 Å². The van der Waals surface area contributed by atoms with Crippen LogP contribution >= 0.6 is 0 Å². The smallest absolute Gasteiger partial charge is 0.244 e. The first-order valence-electron chi connectivity index (χ1n) is 10.2. The predicted octanol–water partition coefficient (Wildman–Crippen LogP) is 3.29. The molecule has 5 nitrogen and oxygen atoms in total. The molecule has 5 heteroatoms. The molecular formula is C23H32N4O. The second-order valence-corrected chi connectivity index (χ2v) is 7.51. The second kappa shape index (κ2) is 9.60. The molecule has 1 aliphatic rings. The maximum Gasteiger partial charge on any atom is 0.244 e. The SMILES string of the molecule is CCN1CCN(c2ccc(N[C@@H](C)C(=O)N(C)Cc3ccccc3)cc2)CC1. The monoisotopic (exact) mass is 380 g/mol. The Morgan fingerprint density at radius 1 is 1.04 bits per heavy atom. The molecule has 0 aromatic heterocycles.